The smallest absolute Gasteiger partial charge is 0.322 e. The van der Waals surface area contributed by atoms with Crippen molar-refractivity contribution in [3.8, 4) is 5.75 Å². The normalized spacial score (nSPS) is 10.4. The predicted octanol–water partition coefficient (Wildman–Crippen LogP) is -0.751. The monoisotopic (exact) mass is 236 g/mol. The number of nitrogens with zero attached hydrogens (tertiary/aromatic N) is 3. The lowest BCUT2D eigenvalue weighted by molar-refractivity contribution is -0.135. The Bertz CT molecular complexity index is 592. The van der Waals surface area contributed by atoms with Crippen LogP contribution in [-0.4, -0.2) is 43.5 Å². The van der Waals surface area contributed by atoms with Crippen LogP contribution >= 0.6 is 0 Å². The van der Waals surface area contributed by atoms with Gasteiger partial charge in [0.25, 0.3) is 5.91 Å². The van der Waals surface area contributed by atoms with Crippen molar-refractivity contribution in [2.75, 3.05) is 6.54 Å². The first-order chi connectivity index (χ1) is 8.09. The van der Waals surface area contributed by atoms with Gasteiger partial charge in [-0.15, -0.1) is 5.10 Å². The van der Waals surface area contributed by atoms with Gasteiger partial charge >= 0.3 is 5.97 Å². The number of carbonyl (C=O) groups excluding carboxylic acids is 1. The zero-order chi connectivity index (χ0) is 12.4. The van der Waals surface area contributed by atoms with E-state index in [2.05, 4.69) is 15.6 Å². The standard InChI is InChI=1S/C9H8N4O4/c14-6-2-1-5-3-11-12-13(5)8(6)9(17)10-4-7(15)16/h1-3,14H,4H2,(H,10,17)(H,15,16). The third kappa shape index (κ3) is 2.00. The zero-order valence-corrected chi connectivity index (χ0v) is 8.49. The minimum atomic E-state index is -1.18. The number of carboxylic acid groups (broad SMARTS) is 1. The van der Waals surface area contributed by atoms with Gasteiger partial charge in [-0.05, 0) is 12.1 Å². The maximum absolute atomic E-state index is 11.7. The number of aromatic hydroxyl groups is 1. The first-order valence-corrected chi connectivity index (χ1v) is 4.62. The number of carbonyl (C=O) groups is 2. The molecule has 0 saturated carbocycles. The van der Waals surface area contributed by atoms with Crippen molar-refractivity contribution in [1.82, 2.24) is 20.1 Å². The lowest BCUT2D eigenvalue weighted by Gasteiger charge is -2.06. The highest BCUT2D eigenvalue weighted by atomic mass is 16.4. The number of aliphatic carboxylic acids is 1. The van der Waals surface area contributed by atoms with E-state index in [0.717, 1.165) is 4.52 Å². The average Bonchev–Trinajstić information content (AvgIpc) is 2.73. The molecule has 17 heavy (non-hydrogen) atoms. The van der Waals surface area contributed by atoms with E-state index in [9.17, 15) is 14.7 Å². The predicted molar refractivity (Wildman–Crippen MR) is 54.6 cm³/mol. The molecule has 0 aliphatic rings. The summed E-state index contributed by atoms with van der Waals surface area (Å²) in [7, 11) is 0. The number of amides is 1. The van der Waals surface area contributed by atoms with E-state index < -0.39 is 18.4 Å². The van der Waals surface area contributed by atoms with E-state index in [0.29, 0.717) is 5.52 Å². The summed E-state index contributed by atoms with van der Waals surface area (Å²) in [5, 5.41) is 27.4. The van der Waals surface area contributed by atoms with Gasteiger partial charge in [-0.25, -0.2) is 4.52 Å². The van der Waals surface area contributed by atoms with Crippen LogP contribution < -0.4 is 5.32 Å². The van der Waals surface area contributed by atoms with Crippen LogP contribution in [0, 0.1) is 0 Å². The third-order valence-electron chi connectivity index (χ3n) is 2.06. The highest BCUT2D eigenvalue weighted by molar-refractivity contribution is 5.97. The summed E-state index contributed by atoms with van der Waals surface area (Å²) in [6, 6.07) is 2.84. The zero-order valence-electron chi connectivity index (χ0n) is 8.49. The number of aromatic nitrogens is 3. The van der Waals surface area contributed by atoms with Gasteiger partial charge in [0.2, 0.25) is 0 Å². The molecular weight excluding hydrogens is 228 g/mol. The van der Waals surface area contributed by atoms with Crippen molar-refractivity contribution < 1.29 is 19.8 Å². The SMILES string of the molecule is O=C(O)CNC(=O)c1c(O)ccc2cnnn12. The Morgan fingerprint density at radius 2 is 2.18 bits per heavy atom. The molecule has 88 valence electrons. The molecule has 0 aromatic carbocycles. The fourth-order valence-electron chi connectivity index (χ4n) is 1.33. The molecule has 0 fully saturated rings. The molecule has 0 spiro atoms. The van der Waals surface area contributed by atoms with Crippen molar-refractivity contribution in [3.63, 3.8) is 0 Å². The fourth-order valence-corrected chi connectivity index (χ4v) is 1.33. The lowest BCUT2D eigenvalue weighted by atomic mass is 10.3. The van der Waals surface area contributed by atoms with E-state index >= 15 is 0 Å². The first-order valence-electron chi connectivity index (χ1n) is 4.62. The van der Waals surface area contributed by atoms with Gasteiger partial charge in [-0.1, -0.05) is 5.21 Å². The third-order valence-corrected chi connectivity index (χ3v) is 2.06. The van der Waals surface area contributed by atoms with Gasteiger partial charge in [-0.2, -0.15) is 0 Å². The Balaban J connectivity index is 2.39. The Morgan fingerprint density at radius 1 is 1.41 bits per heavy atom. The molecule has 8 heteroatoms. The lowest BCUT2D eigenvalue weighted by Crippen LogP contribution is -2.30. The largest absolute Gasteiger partial charge is 0.505 e. The molecule has 1 amide bonds. The summed E-state index contributed by atoms with van der Waals surface area (Å²) < 4.78 is 1.13. The van der Waals surface area contributed by atoms with Crippen LogP contribution in [0.25, 0.3) is 5.52 Å². The topological polar surface area (TPSA) is 117 Å². The van der Waals surface area contributed by atoms with Crippen molar-refractivity contribution in [2.45, 2.75) is 0 Å². The number of fused-ring (bicyclic) bond motifs is 1. The minimum absolute atomic E-state index is 0.152. The number of nitrogens with one attached hydrogen (secondary N) is 1. The Labute approximate surface area is 94.5 Å². The molecule has 0 bridgehead atoms. The molecule has 2 aromatic rings. The van der Waals surface area contributed by atoms with E-state index in [4.69, 9.17) is 5.11 Å². The number of hydrogen-bond donors (Lipinski definition) is 3. The molecule has 0 saturated heterocycles. The second kappa shape index (κ2) is 4.08. The second-order valence-corrected chi connectivity index (χ2v) is 3.21. The molecule has 3 N–H and O–H groups in total. The number of hydrogen-bond acceptors (Lipinski definition) is 5. The van der Waals surface area contributed by atoms with Crippen LogP contribution in [0.2, 0.25) is 0 Å². The van der Waals surface area contributed by atoms with E-state index in [1.165, 1.54) is 18.3 Å². The maximum atomic E-state index is 11.7. The summed E-state index contributed by atoms with van der Waals surface area (Å²) in [6.07, 6.45) is 1.41. The van der Waals surface area contributed by atoms with Crippen LogP contribution in [0.5, 0.6) is 5.75 Å². The van der Waals surface area contributed by atoms with E-state index in [-0.39, 0.29) is 11.4 Å². The average molecular weight is 236 g/mol. The van der Waals surface area contributed by atoms with Gasteiger partial charge in [0, 0.05) is 0 Å². The number of pyridine rings is 1. The Morgan fingerprint density at radius 3 is 2.88 bits per heavy atom. The molecule has 2 aromatic heterocycles. The summed E-state index contributed by atoms with van der Waals surface area (Å²) in [6.45, 7) is -0.538. The summed E-state index contributed by atoms with van der Waals surface area (Å²) in [5.74, 6) is -2.21. The Kier molecular flexibility index (Phi) is 2.61. The molecule has 2 heterocycles. The number of carboxylic acids is 1. The van der Waals surface area contributed by atoms with Crippen LogP contribution in [0.1, 0.15) is 10.5 Å². The van der Waals surface area contributed by atoms with Gasteiger partial charge in [0.05, 0.1) is 11.7 Å². The van der Waals surface area contributed by atoms with Gasteiger partial charge in [-0.3, -0.25) is 9.59 Å². The first kappa shape index (κ1) is 10.9. The molecule has 0 unspecified atom stereocenters. The van der Waals surface area contributed by atoms with Gasteiger partial charge in [0.15, 0.2) is 5.69 Å². The van der Waals surface area contributed by atoms with Gasteiger partial charge in [0.1, 0.15) is 12.3 Å². The molecule has 0 aliphatic carbocycles. The molecule has 0 atom stereocenters. The number of rotatable bonds is 3. The molecular formula is C9H8N4O4. The quantitative estimate of drug-likeness (QED) is 0.645. The minimum Gasteiger partial charge on any atom is -0.505 e. The fraction of sp³-hybridized carbons (Fsp3) is 0.111. The molecule has 2 rings (SSSR count). The second-order valence-electron chi connectivity index (χ2n) is 3.21. The molecule has 8 nitrogen and oxygen atoms in total. The highest BCUT2D eigenvalue weighted by Crippen LogP contribution is 2.17. The maximum Gasteiger partial charge on any atom is 0.322 e. The van der Waals surface area contributed by atoms with Crippen molar-refractivity contribution in [1.29, 1.82) is 0 Å². The van der Waals surface area contributed by atoms with Crippen LogP contribution in [0.15, 0.2) is 18.3 Å². The summed E-state index contributed by atoms with van der Waals surface area (Å²) >= 11 is 0. The summed E-state index contributed by atoms with van der Waals surface area (Å²) in [5.41, 5.74) is 0.365. The summed E-state index contributed by atoms with van der Waals surface area (Å²) in [4.78, 5) is 22.0. The van der Waals surface area contributed by atoms with Gasteiger partial charge < -0.3 is 15.5 Å². The van der Waals surface area contributed by atoms with Crippen LogP contribution in [0.3, 0.4) is 0 Å². The Hall–Kier alpha value is -2.64. The van der Waals surface area contributed by atoms with Crippen molar-refractivity contribution >= 4 is 17.4 Å². The van der Waals surface area contributed by atoms with Crippen molar-refractivity contribution in [2.24, 2.45) is 0 Å². The van der Waals surface area contributed by atoms with Crippen LogP contribution in [0.4, 0.5) is 0 Å². The van der Waals surface area contributed by atoms with Crippen molar-refractivity contribution in [3.05, 3.63) is 24.0 Å². The highest BCUT2D eigenvalue weighted by Gasteiger charge is 2.17. The molecule has 0 radical (unpaired) electrons. The van der Waals surface area contributed by atoms with Crippen LogP contribution in [-0.2, 0) is 4.79 Å². The van der Waals surface area contributed by atoms with E-state index in [1.807, 2.05) is 0 Å². The molecule has 0 aliphatic heterocycles. The van der Waals surface area contributed by atoms with E-state index in [1.54, 1.807) is 0 Å².